The van der Waals surface area contributed by atoms with Crippen LogP contribution in [0.3, 0.4) is 0 Å². The van der Waals surface area contributed by atoms with Crippen molar-refractivity contribution in [3.05, 3.63) is 90.0 Å². The first-order valence-electron chi connectivity index (χ1n) is 12.8. The molecule has 4 rings (SSSR count). The van der Waals surface area contributed by atoms with Crippen LogP contribution in [0.2, 0.25) is 0 Å². The summed E-state index contributed by atoms with van der Waals surface area (Å²) in [6, 6.07) is 24.9. The number of ether oxygens (including phenoxy) is 1. The zero-order chi connectivity index (χ0) is 26.2. The second kappa shape index (κ2) is 12.5. The van der Waals surface area contributed by atoms with Gasteiger partial charge in [0.2, 0.25) is 5.91 Å². The average Bonchev–Trinajstić information content (AvgIpc) is 3.44. The lowest BCUT2D eigenvalue weighted by Gasteiger charge is -2.35. The van der Waals surface area contributed by atoms with Crippen molar-refractivity contribution >= 4 is 17.5 Å². The van der Waals surface area contributed by atoms with E-state index in [1.54, 1.807) is 11.9 Å². The van der Waals surface area contributed by atoms with Gasteiger partial charge >= 0.3 is 0 Å². The Balaban J connectivity index is 1.51. The van der Waals surface area contributed by atoms with Gasteiger partial charge in [-0.2, -0.15) is 0 Å². The van der Waals surface area contributed by atoms with Crippen molar-refractivity contribution in [1.29, 1.82) is 0 Å². The van der Waals surface area contributed by atoms with E-state index in [-0.39, 0.29) is 11.8 Å². The molecule has 0 spiro atoms. The third-order valence-electron chi connectivity index (χ3n) is 6.41. The van der Waals surface area contributed by atoms with Gasteiger partial charge < -0.3 is 14.5 Å². The summed E-state index contributed by atoms with van der Waals surface area (Å²) in [6.45, 7) is 5.22. The lowest BCUT2D eigenvalue weighted by atomic mass is 10.1. The second-order valence-corrected chi connectivity index (χ2v) is 9.63. The summed E-state index contributed by atoms with van der Waals surface area (Å²) in [5.41, 5.74) is 2.52. The van der Waals surface area contributed by atoms with Gasteiger partial charge in [0.25, 0.3) is 5.91 Å². The fraction of sp³-hybridized carbons (Fsp3) is 0.333. The highest BCUT2D eigenvalue weighted by molar-refractivity contribution is 5.94. The number of likely N-dealkylation sites (tertiary alicyclic amines) is 1. The summed E-state index contributed by atoms with van der Waals surface area (Å²) in [4.78, 5) is 29.6. The molecule has 1 heterocycles. The minimum absolute atomic E-state index is 0.0729. The monoisotopic (exact) mass is 500 g/mol. The Hall–Kier alpha value is -3.68. The molecule has 2 amide bonds. The second-order valence-electron chi connectivity index (χ2n) is 9.63. The predicted molar refractivity (Wildman–Crippen MR) is 147 cm³/mol. The number of carbonyl (C=O) groups is 2. The van der Waals surface area contributed by atoms with Crippen LogP contribution in [-0.4, -0.2) is 66.9 Å². The highest BCUT2D eigenvalue weighted by atomic mass is 16.5. The lowest BCUT2D eigenvalue weighted by Crippen LogP contribution is -2.48. The minimum atomic E-state index is -0.0729. The third kappa shape index (κ3) is 7.18. The first kappa shape index (κ1) is 26.4. The van der Waals surface area contributed by atoms with E-state index in [2.05, 4.69) is 4.90 Å². The number of benzene rings is 3. The van der Waals surface area contributed by atoms with Crippen LogP contribution < -0.4 is 9.75 Å². The van der Waals surface area contributed by atoms with Crippen molar-refractivity contribution in [1.82, 2.24) is 14.8 Å². The van der Waals surface area contributed by atoms with E-state index >= 15 is 0 Å². The Labute approximate surface area is 219 Å². The van der Waals surface area contributed by atoms with E-state index in [9.17, 15) is 9.59 Å². The van der Waals surface area contributed by atoms with Crippen LogP contribution in [0.4, 0.5) is 5.69 Å². The summed E-state index contributed by atoms with van der Waals surface area (Å²) in [7, 11) is 4.04. The number of hydrazine groups is 1. The number of hydrogen-bond acceptors (Lipinski definition) is 5. The molecule has 0 bridgehead atoms. The van der Waals surface area contributed by atoms with E-state index in [1.165, 1.54) is 0 Å². The zero-order valence-corrected chi connectivity index (χ0v) is 22.0. The number of likely N-dealkylation sites (N-methyl/N-ethyl adjacent to an activating group) is 1. The van der Waals surface area contributed by atoms with Crippen LogP contribution in [0.5, 0.6) is 11.5 Å². The maximum atomic E-state index is 12.9. The Morgan fingerprint density at radius 2 is 1.43 bits per heavy atom. The zero-order valence-electron chi connectivity index (χ0n) is 22.0. The van der Waals surface area contributed by atoms with Gasteiger partial charge in [0.15, 0.2) is 0 Å². The molecule has 1 fully saturated rings. The Bertz CT molecular complexity index is 1160. The van der Waals surface area contributed by atoms with Crippen molar-refractivity contribution in [2.24, 2.45) is 0 Å². The molecule has 1 aliphatic rings. The van der Waals surface area contributed by atoms with Crippen molar-refractivity contribution < 1.29 is 14.3 Å². The molecular weight excluding hydrogens is 464 g/mol. The van der Waals surface area contributed by atoms with Gasteiger partial charge in [0.1, 0.15) is 11.5 Å². The lowest BCUT2D eigenvalue weighted by molar-refractivity contribution is -0.119. The SMILES string of the molecule is CC(=O)N(c1ccc(Oc2ccccc2)cc1)N(CCN(C)C)Cc1ccc(C(=O)N2CCCC2)cc1. The van der Waals surface area contributed by atoms with Crippen LogP contribution in [0.1, 0.15) is 35.7 Å². The highest BCUT2D eigenvalue weighted by Gasteiger charge is 2.22. The molecule has 0 atom stereocenters. The van der Waals surface area contributed by atoms with Gasteiger partial charge in [-0.05, 0) is 81.0 Å². The van der Waals surface area contributed by atoms with Gasteiger partial charge in [0.05, 0.1) is 5.69 Å². The van der Waals surface area contributed by atoms with Crippen molar-refractivity contribution in [2.45, 2.75) is 26.3 Å². The molecule has 0 radical (unpaired) electrons. The molecule has 0 unspecified atom stereocenters. The summed E-state index contributed by atoms with van der Waals surface area (Å²) >= 11 is 0. The van der Waals surface area contributed by atoms with E-state index in [4.69, 9.17) is 4.74 Å². The molecule has 1 aliphatic heterocycles. The molecule has 0 aliphatic carbocycles. The Kier molecular flexibility index (Phi) is 8.93. The molecule has 0 saturated carbocycles. The smallest absolute Gasteiger partial charge is 0.253 e. The van der Waals surface area contributed by atoms with Gasteiger partial charge in [0, 0.05) is 45.2 Å². The van der Waals surface area contributed by atoms with Crippen LogP contribution >= 0.6 is 0 Å². The Morgan fingerprint density at radius 3 is 2.03 bits per heavy atom. The van der Waals surface area contributed by atoms with E-state index in [1.807, 2.05) is 103 Å². The fourth-order valence-electron chi connectivity index (χ4n) is 4.46. The molecule has 3 aromatic carbocycles. The van der Waals surface area contributed by atoms with Gasteiger partial charge in [-0.3, -0.25) is 9.59 Å². The summed E-state index contributed by atoms with van der Waals surface area (Å²) in [6.07, 6.45) is 2.15. The molecule has 194 valence electrons. The molecule has 7 heteroatoms. The topological polar surface area (TPSA) is 56.3 Å². The number of nitrogens with zero attached hydrogens (tertiary/aromatic N) is 4. The van der Waals surface area contributed by atoms with E-state index < -0.39 is 0 Å². The van der Waals surface area contributed by atoms with Crippen molar-refractivity contribution in [3.8, 4) is 11.5 Å². The fourth-order valence-corrected chi connectivity index (χ4v) is 4.46. The van der Waals surface area contributed by atoms with Gasteiger partial charge in [-0.15, -0.1) is 0 Å². The highest BCUT2D eigenvalue weighted by Crippen LogP contribution is 2.26. The van der Waals surface area contributed by atoms with Crippen molar-refractivity contribution in [2.75, 3.05) is 45.3 Å². The summed E-state index contributed by atoms with van der Waals surface area (Å²) in [5.74, 6) is 1.49. The molecule has 0 N–H and O–H groups in total. The maximum absolute atomic E-state index is 12.9. The molecule has 3 aromatic rings. The number of amides is 2. The predicted octanol–water partition coefficient (Wildman–Crippen LogP) is 5.05. The van der Waals surface area contributed by atoms with Crippen LogP contribution in [0.15, 0.2) is 78.9 Å². The standard InChI is InChI=1S/C30H36N4O3/c1-24(35)34(27-15-17-29(18-16-27)37-28-9-5-4-6-10-28)33(22-21-31(2)3)23-25-11-13-26(14-12-25)30(36)32-19-7-8-20-32/h4-6,9-18H,7-8,19-23H2,1-3H3. The number of anilines is 1. The van der Waals surface area contributed by atoms with Gasteiger partial charge in [-0.1, -0.05) is 30.3 Å². The van der Waals surface area contributed by atoms with Crippen LogP contribution in [0, 0.1) is 0 Å². The average molecular weight is 501 g/mol. The molecule has 0 aromatic heterocycles. The number of rotatable bonds is 10. The summed E-state index contributed by atoms with van der Waals surface area (Å²) < 4.78 is 5.92. The third-order valence-corrected chi connectivity index (χ3v) is 6.41. The first-order chi connectivity index (χ1) is 17.9. The van der Waals surface area contributed by atoms with E-state index in [0.29, 0.717) is 24.4 Å². The Morgan fingerprint density at radius 1 is 0.811 bits per heavy atom. The van der Waals surface area contributed by atoms with Crippen molar-refractivity contribution in [3.63, 3.8) is 0 Å². The van der Waals surface area contributed by atoms with E-state index in [0.717, 1.165) is 49.5 Å². The normalized spacial score (nSPS) is 13.3. The summed E-state index contributed by atoms with van der Waals surface area (Å²) in [5, 5.41) is 3.77. The largest absolute Gasteiger partial charge is 0.457 e. The number of carbonyl (C=O) groups excluding carboxylic acids is 2. The van der Waals surface area contributed by atoms with Crippen LogP contribution in [0.25, 0.3) is 0 Å². The minimum Gasteiger partial charge on any atom is -0.457 e. The number of para-hydroxylation sites is 1. The maximum Gasteiger partial charge on any atom is 0.253 e. The van der Waals surface area contributed by atoms with Gasteiger partial charge in [-0.25, -0.2) is 10.0 Å². The first-order valence-corrected chi connectivity index (χ1v) is 12.8. The van der Waals surface area contributed by atoms with Crippen LogP contribution in [-0.2, 0) is 11.3 Å². The molecule has 7 nitrogen and oxygen atoms in total. The molecular formula is C30H36N4O3. The number of hydrogen-bond donors (Lipinski definition) is 0. The molecule has 1 saturated heterocycles. The quantitative estimate of drug-likeness (QED) is 0.365. The molecule has 37 heavy (non-hydrogen) atoms.